The van der Waals surface area contributed by atoms with Crippen LogP contribution in [-0.2, 0) is 16.4 Å². The number of nitrogens with zero attached hydrogens (tertiary/aromatic N) is 3. The highest BCUT2D eigenvalue weighted by Crippen LogP contribution is 2.34. The minimum absolute atomic E-state index is 0.184. The molecule has 0 atom stereocenters. The van der Waals surface area contributed by atoms with Gasteiger partial charge in [0.1, 0.15) is 18.0 Å². The number of nitrogen functional groups attached to an aromatic ring is 1. The van der Waals surface area contributed by atoms with Crippen LogP contribution < -0.4 is 10.5 Å². The Bertz CT molecular complexity index is 1250. The molecule has 0 amide bonds. The average molecular weight is 395 g/mol. The number of hydrogen-bond donors (Lipinski definition) is 2. The Hall–Kier alpha value is -3.46. The standard InChI is InChI=1S/C19H17N5O3S/c1-28(25,26)13-4-2-12(3-5-13)11-27-16-7-9-21-18-17(16)14(10-23-18)15-6-8-22-19(20)24-15/h2-10H,11H2,1H3,(H,21,23)(H2,20,22,24). The zero-order chi connectivity index (χ0) is 19.7. The molecule has 4 rings (SSSR count). The lowest BCUT2D eigenvalue weighted by Crippen LogP contribution is -2.00. The zero-order valence-corrected chi connectivity index (χ0v) is 15.8. The first-order chi connectivity index (χ1) is 13.4. The fraction of sp³-hybridized carbons (Fsp3) is 0.105. The molecule has 0 saturated heterocycles. The van der Waals surface area contributed by atoms with Crippen molar-refractivity contribution in [1.29, 1.82) is 0 Å². The van der Waals surface area contributed by atoms with Gasteiger partial charge in [0.15, 0.2) is 9.84 Å². The van der Waals surface area contributed by atoms with Crippen molar-refractivity contribution in [3.05, 3.63) is 60.6 Å². The molecule has 3 heterocycles. The van der Waals surface area contributed by atoms with Crippen LogP contribution in [0.2, 0.25) is 0 Å². The fourth-order valence-corrected chi connectivity index (χ4v) is 3.50. The summed E-state index contributed by atoms with van der Waals surface area (Å²) in [5, 5.41) is 0.786. The summed E-state index contributed by atoms with van der Waals surface area (Å²) in [6, 6.07) is 10.1. The molecule has 0 aliphatic carbocycles. The van der Waals surface area contributed by atoms with Gasteiger partial charge in [0.25, 0.3) is 0 Å². The lowest BCUT2D eigenvalue weighted by Gasteiger charge is -2.09. The normalized spacial score (nSPS) is 11.6. The number of nitrogens with two attached hydrogens (primary N) is 1. The van der Waals surface area contributed by atoms with E-state index in [1.807, 2.05) is 0 Å². The second-order valence-electron chi connectivity index (χ2n) is 6.24. The predicted octanol–water partition coefficient (Wildman–Crippen LogP) is 2.58. The molecule has 0 aliphatic heterocycles. The maximum absolute atomic E-state index is 11.6. The molecule has 3 aromatic heterocycles. The van der Waals surface area contributed by atoms with Gasteiger partial charge in [-0.1, -0.05) is 12.1 Å². The molecular weight excluding hydrogens is 378 g/mol. The summed E-state index contributed by atoms with van der Waals surface area (Å²) in [5.74, 6) is 0.815. The molecule has 8 nitrogen and oxygen atoms in total. The SMILES string of the molecule is CS(=O)(=O)c1ccc(COc2ccnc3[nH]cc(-c4ccnc(N)n4)c23)cc1. The maximum Gasteiger partial charge on any atom is 0.220 e. The number of aromatic nitrogens is 4. The topological polar surface area (TPSA) is 124 Å². The fourth-order valence-electron chi connectivity index (χ4n) is 2.87. The van der Waals surface area contributed by atoms with Gasteiger partial charge in [-0.3, -0.25) is 0 Å². The van der Waals surface area contributed by atoms with Crippen molar-refractivity contribution in [2.75, 3.05) is 12.0 Å². The average Bonchev–Trinajstić information content (AvgIpc) is 3.11. The molecule has 4 aromatic rings. The van der Waals surface area contributed by atoms with Gasteiger partial charge in [0.2, 0.25) is 5.95 Å². The number of pyridine rings is 1. The zero-order valence-electron chi connectivity index (χ0n) is 15.0. The highest BCUT2D eigenvalue weighted by Gasteiger charge is 2.14. The summed E-state index contributed by atoms with van der Waals surface area (Å²) in [4.78, 5) is 15.9. The number of benzene rings is 1. The van der Waals surface area contributed by atoms with Gasteiger partial charge >= 0.3 is 0 Å². The third-order valence-corrected chi connectivity index (χ3v) is 5.36. The van der Waals surface area contributed by atoms with Crippen LogP contribution in [0.4, 0.5) is 5.95 Å². The highest BCUT2D eigenvalue weighted by atomic mass is 32.2. The van der Waals surface area contributed by atoms with E-state index in [9.17, 15) is 8.42 Å². The summed E-state index contributed by atoms with van der Waals surface area (Å²) >= 11 is 0. The first kappa shape index (κ1) is 17.9. The summed E-state index contributed by atoms with van der Waals surface area (Å²) in [6.45, 7) is 0.277. The summed E-state index contributed by atoms with van der Waals surface area (Å²) in [5.41, 5.74) is 8.68. The van der Waals surface area contributed by atoms with E-state index >= 15 is 0 Å². The van der Waals surface area contributed by atoms with Crippen LogP contribution in [0.1, 0.15) is 5.56 Å². The molecule has 0 unspecified atom stereocenters. The van der Waals surface area contributed by atoms with Crippen molar-refractivity contribution < 1.29 is 13.2 Å². The molecule has 0 radical (unpaired) electrons. The van der Waals surface area contributed by atoms with E-state index in [2.05, 4.69) is 19.9 Å². The van der Waals surface area contributed by atoms with Gasteiger partial charge in [-0.2, -0.15) is 0 Å². The molecule has 142 valence electrons. The van der Waals surface area contributed by atoms with Gasteiger partial charge in [-0.25, -0.2) is 23.4 Å². The van der Waals surface area contributed by atoms with Crippen LogP contribution in [0.3, 0.4) is 0 Å². The minimum Gasteiger partial charge on any atom is -0.488 e. The van der Waals surface area contributed by atoms with E-state index in [-0.39, 0.29) is 17.5 Å². The van der Waals surface area contributed by atoms with Crippen LogP contribution in [-0.4, -0.2) is 34.6 Å². The molecule has 0 saturated carbocycles. The molecule has 9 heteroatoms. The second-order valence-corrected chi connectivity index (χ2v) is 8.26. The van der Waals surface area contributed by atoms with E-state index in [0.29, 0.717) is 17.1 Å². The smallest absolute Gasteiger partial charge is 0.220 e. The number of sulfone groups is 1. The lowest BCUT2D eigenvalue weighted by molar-refractivity contribution is 0.310. The van der Waals surface area contributed by atoms with E-state index in [0.717, 1.165) is 16.5 Å². The van der Waals surface area contributed by atoms with Crippen LogP contribution in [0.25, 0.3) is 22.3 Å². The molecular formula is C19H17N5O3S. The van der Waals surface area contributed by atoms with E-state index in [1.165, 1.54) is 6.26 Å². The third-order valence-electron chi connectivity index (χ3n) is 4.23. The second kappa shape index (κ2) is 6.93. The number of aromatic amines is 1. The Morgan fingerprint density at radius 1 is 1.07 bits per heavy atom. The Balaban J connectivity index is 1.65. The Labute approximate surface area is 161 Å². The Morgan fingerprint density at radius 2 is 1.82 bits per heavy atom. The van der Waals surface area contributed by atoms with E-state index < -0.39 is 9.84 Å². The van der Waals surface area contributed by atoms with E-state index in [4.69, 9.17) is 10.5 Å². The van der Waals surface area contributed by atoms with Gasteiger partial charge in [0.05, 0.1) is 16.0 Å². The van der Waals surface area contributed by atoms with Crippen molar-refractivity contribution in [3.8, 4) is 17.0 Å². The minimum atomic E-state index is -3.22. The van der Waals surface area contributed by atoms with Crippen LogP contribution in [0.5, 0.6) is 5.75 Å². The van der Waals surface area contributed by atoms with Crippen molar-refractivity contribution >= 4 is 26.8 Å². The quantitative estimate of drug-likeness (QED) is 0.532. The summed E-state index contributed by atoms with van der Waals surface area (Å²) in [6.07, 6.45) is 6.22. The number of rotatable bonds is 5. The van der Waals surface area contributed by atoms with Gasteiger partial charge in [-0.15, -0.1) is 0 Å². The third kappa shape index (κ3) is 3.52. The van der Waals surface area contributed by atoms with E-state index in [1.54, 1.807) is 55.0 Å². The lowest BCUT2D eigenvalue weighted by atomic mass is 10.1. The van der Waals surface area contributed by atoms with Crippen molar-refractivity contribution in [2.24, 2.45) is 0 Å². The highest BCUT2D eigenvalue weighted by molar-refractivity contribution is 7.90. The molecule has 0 spiro atoms. The van der Waals surface area contributed by atoms with Crippen LogP contribution in [0, 0.1) is 0 Å². The molecule has 3 N–H and O–H groups in total. The summed E-state index contributed by atoms with van der Waals surface area (Å²) < 4.78 is 29.1. The molecule has 0 fully saturated rings. The Kier molecular flexibility index (Phi) is 4.44. The van der Waals surface area contributed by atoms with Crippen molar-refractivity contribution in [2.45, 2.75) is 11.5 Å². The monoisotopic (exact) mass is 395 g/mol. The molecule has 0 aliphatic rings. The molecule has 0 bridgehead atoms. The number of H-pyrrole nitrogens is 1. The molecule has 28 heavy (non-hydrogen) atoms. The number of fused-ring (bicyclic) bond motifs is 1. The predicted molar refractivity (Wildman–Crippen MR) is 105 cm³/mol. The van der Waals surface area contributed by atoms with Gasteiger partial charge in [-0.05, 0) is 29.8 Å². The number of nitrogens with one attached hydrogen (secondary N) is 1. The number of anilines is 1. The first-order valence-corrected chi connectivity index (χ1v) is 10.3. The first-order valence-electron chi connectivity index (χ1n) is 8.38. The van der Waals surface area contributed by atoms with Crippen LogP contribution in [0.15, 0.2) is 59.9 Å². The largest absolute Gasteiger partial charge is 0.488 e. The van der Waals surface area contributed by atoms with Gasteiger partial charge in [0, 0.05) is 30.4 Å². The number of hydrogen-bond acceptors (Lipinski definition) is 7. The van der Waals surface area contributed by atoms with Crippen molar-refractivity contribution in [3.63, 3.8) is 0 Å². The van der Waals surface area contributed by atoms with Crippen molar-refractivity contribution in [1.82, 2.24) is 19.9 Å². The molecule has 1 aromatic carbocycles. The van der Waals surface area contributed by atoms with Gasteiger partial charge < -0.3 is 15.5 Å². The maximum atomic E-state index is 11.6. The number of ether oxygens (including phenoxy) is 1. The summed E-state index contributed by atoms with van der Waals surface area (Å²) in [7, 11) is -3.22. The van der Waals surface area contributed by atoms with Crippen LogP contribution >= 0.6 is 0 Å². The Morgan fingerprint density at radius 3 is 2.54 bits per heavy atom.